The number of pyridine rings is 1. The van der Waals surface area contributed by atoms with Crippen LogP contribution in [0.15, 0.2) is 53.1 Å². The normalized spacial score (nSPS) is 14.4. The SMILES string of the molecule is [2H]C([2H])(c1ccnc(-c2cccc3c2oc2ccc4nc(C(C)(C)C)sc4c23)c1)C(C)(C)C. The van der Waals surface area contributed by atoms with Gasteiger partial charge in [-0.25, -0.2) is 4.98 Å². The van der Waals surface area contributed by atoms with Crippen LogP contribution in [0.25, 0.3) is 43.4 Å². The summed E-state index contributed by atoms with van der Waals surface area (Å²) >= 11 is 1.73. The first-order chi connectivity index (χ1) is 15.4. The maximum Gasteiger partial charge on any atom is 0.144 e. The summed E-state index contributed by atoms with van der Waals surface area (Å²) in [7, 11) is 0. The van der Waals surface area contributed by atoms with Gasteiger partial charge in [0.2, 0.25) is 0 Å². The zero-order valence-corrected chi connectivity index (χ0v) is 19.6. The van der Waals surface area contributed by atoms with E-state index in [0.717, 1.165) is 42.7 Å². The molecule has 5 rings (SSSR count). The van der Waals surface area contributed by atoms with Crippen molar-refractivity contribution in [3.63, 3.8) is 0 Å². The molecule has 5 aromatic rings. The van der Waals surface area contributed by atoms with Crippen LogP contribution in [0.1, 0.15) is 54.9 Å². The lowest BCUT2D eigenvalue weighted by molar-refractivity contribution is 0.411. The average Bonchev–Trinajstić information content (AvgIpc) is 3.33. The van der Waals surface area contributed by atoms with Gasteiger partial charge in [0.25, 0.3) is 0 Å². The molecule has 0 saturated heterocycles. The van der Waals surface area contributed by atoms with Crippen LogP contribution in [0.5, 0.6) is 0 Å². The second-order valence-electron chi connectivity index (χ2n) is 10.1. The van der Waals surface area contributed by atoms with Crippen LogP contribution in [-0.2, 0) is 11.8 Å². The Bertz CT molecular complexity index is 1520. The topological polar surface area (TPSA) is 38.9 Å². The first-order valence-electron chi connectivity index (χ1n) is 11.6. The molecule has 158 valence electrons. The molecular formula is C27H28N2OS. The van der Waals surface area contributed by atoms with E-state index in [9.17, 15) is 0 Å². The summed E-state index contributed by atoms with van der Waals surface area (Å²) in [5.74, 6) is 0. The molecule has 0 fully saturated rings. The fraction of sp³-hybridized carbons (Fsp3) is 0.333. The highest BCUT2D eigenvalue weighted by molar-refractivity contribution is 7.19. The second kappa shape index (κ2) is 6.89. The summed E-state index contributed by atoms with van der Waals surface area (Å²) in [4.78, 5) is 9.47. The molecule has 3 aromatic heterocycles. The Labute approximate surface area is 190 Å². The monoisotopic (exact) mass is 430 g/mol. The summed E-state index contributed by atoms with van der Waals surface area (Å²) in [5.41, 5.74) is 4.22. The van der Waals surface area contributed by atoms with Gasteiger partial charge in [0, 0.05) is 30.7 Å². The molecule has 0 N–H and O–H groups in total. The van der Waals surface area contributed by atoms with E-state index in [1.165, 1.54) is 0 Å². The number of hydrogen-bond donors (Lipinski definition) is 0. The Morgan fingerprint density at radius 3 is 2.58 bits per heavy atom. The molecule has 0 saturated carbocycles. The fourth-order valence-corrected chi connectivity index (χ4v) is 5.05. The Morgan fingerprint density at radius 1 is 1.03 bits per heavy atom. The first kappa shape index (κ1) is 17.9. The lowest BCUT2D eigenvalue weighted by atomic mass is 9.88. The van der Waals surface area contributed by atoms with Gasteiger partial charge in [-0.3, -0.25) is 4.98 Å². The highest BCUT2D eigenvalue weighted by Crippen LogP contribution is 2.42. The summed E-state index contributed by atoms with van der Waals surface area (Å²) in [6, 6.07) is 13.7. The number of furan rings is 1. The van der Waals surface area contributed by atoms with E-state index in [1.807, 2.05) is 51.1 Å². The van der Waals surface area contributed by atoms with E-state index in [4.69, 9.17) is 12.1 Å². The minimum atomic E-state index is -1.50. The average molecular weight is 431 g/mol. The number of hydrogen-bond acceptors (Lipinski definition) is 4. The Balaban J connectivity index is 1.75. The number of nitrogens with zero attached hydrogens (tertiary/aromatic N) is 2. The number of aromatic nitrogens is 2. The molecule has 3 heterocycles. The third-order valence-electron chi connectivity index (χ3n) is 5.21. The van der Waals surface area contributed by atoms with Gasteiger partial charge < -0.3 is 4.42 Å². The van der Waals surface area contributed by atoms with Crippen LogP contribution < -0.4 is 0 Å². The molecule has 0 aliphatic rings. The van der Waals surface area contributed by atoms with Gasteiger partial charge in [-0.15, -0.1) is 11.3 Å². The predicted molar refractivity (Wildman–Crippen MR) is 132 cm³/mol. The van der Waals surface area contributed by atoms with Crippen LogP contribution in [-0.4, -0.2) is 9.97 Å². The van der Waals surface area contributed by atoms with Gasteiger partial charge in [-0.1, -0.05) is 53.7 Å². The van der Waals surface area contributed by atoms with Gasteiger partial charge in [0.05, 0.1) is 20.9 Å². The molecule has 0 bridgehead atoms. The molecule has 0 spiro atoms. The minimum absolute atomic E-state index is 0.0167. The quantitative estimate of drug-likeness (QED) is 0.284. The van der Waals surface area contributed by atoms with Crippen molar-refractivity contribution in [1.29, 1.82) is 0 Å². The molecule has 2 aromatic carbocycles. The van der Waals surface area contributed by atoms with Crippen molar-refractivity contribution >= 4 is 43.5 Å². The van der Waals surface area contributed by atoms with Gasteiger partial charge in [0.1, 0.15) is 11.2 Å². The van der Waals surface area contributed by atoms with Gasteiger partial charge in [-0.05, 0) is 47.7 Å². The summed E-state index contributed by atoms with van der Waals surface area (Å²) in [5, 5.41) is 3.22. The number of fused-ring (bicyclic) bond motifs is 5. The molecule has 0 radical (unpaired) electrons. The van der Waals surface area contributed by atoms with Gasteiger partial charge >= 0.3 is 0 Å². The molecule has 3 nitrogen and oxygen atoms in total. The lowest BCUT2D eigenvalue weighted by Gasteiger charge is -2.18. The van der Waals surface area contributed by atoms with Crippen molar-refractivity contribution in [3.05, 3.63) is 59.2 Å². The molecule has 0 aliphatic heterocycles. The van der Waals surface area contributed by atoms with Crippen LogP contribution in [0.4, 0.5) is 0 Å². The third-order valence-corrected chi connectivity index (χ3v) is 6.73. The number of rotatable bonds is 2. The van der Waals surface area contributed by atoms with Crippen molar-refractivity contribution in [3.8, 4) is 11.3 Å². The van der Waals surface area contributed by atoms with E-state index in [2.05, 4.69) is 31.8 Å². The summed E-state index contributed by atoms with van der Waals surface area (Å²) in [6.07, 6.45) is 0.192. The number of benzene rings is 2. The van der Waals surface area contributed by atoms with Crippen molar-refractivity contribution in [2.24, 2.45) is 5.41 Å². The van der Waals surface area contributed by atoms with Crippen LogP contribution in [0.2, 0.25) is 0 Å². The largest absolute Gasteiger partial charge is 0.455 e. The van der Waals surface area contributed by atoms with Crippen molar-refractivity contribution in [2.45, 2.75) is 53.3 Å². The zero-order chi connectivity index (χ0) is 23.8. The Hall–Kier alpha value is -2.72. The first-order valence-corrected chi connectivity index (χ1v) is 11.4. The van der Waals surface area contributed by atoms with E-state index >= 15 is 0 Å². The molecule has 0 aliphatic carbocycles. The Morgan fingerprint density at radius 2 is 1.84 bits per heavy atom. The smallest absolute Gasteiger partial charge is 0.144 e. The van der Waals surface area contributed by atoms with Crippen molar-refractivity contribution < 1.29 is 7.16 Å². The van der Waals surface area contributed by atoms with Crippen LogP contribution in [0, 0.1) is 5.41 Å². The number of thiazole rings is 1. The molecule has 0 atom stereocenters. The maximum atomic E-state index is 8.68. The van der Waals surface area contributed by atoms with Gasteiger partial charge in [0.15, 0.2) is 0 Å². The molecule has 31 heavy (non-hydrogen) atoms. The third kappa shape index (κ3) is 3.63. The lowest BCUT2D eigenvalue weighted by Crippen LogP contribution is -2.09. The summed E-state index contributed by atoms with van der Waals surface area (Å²) < 4.78 is 24.9. The molecular weight excluding hydrogens is 400 g/mol. The zero-order valence-electron chi connectivity index (χ0n) is 20.8. The van der Waals surface area contributed by atoms with E-state index in [-0.39, 0.29) is 5.41 Å². The highest BCUT2D eigenvalue weighted by atomic mass is 32.1. The molecule has 4 heteroatoms. The number of para-hydroxylation sites is 1. The maximum absolute atomic E-state index is 8.68. The minimum Gasteiger partial charge on any atom is -0.455 e. The highest BCUT2D eigenvalue weighted by Gasteiger charge is 2.22. The van der Waals surface area contributed by atoms with Gasteiger partial charge in [-0.2, -0.15) is 0 Å². The molecule has 0 unspecified atom stereocenters. The second-order valence-corrected chi connectivity index (χ2v) is 11.1. The molecule has 0 amide bonds. The Kier molecular flexibility index (Phi) is 3.98. The predicted octanol–water partition coefficient (Wildman–Crippen LogP) is 8.14. The fourth-order valence-electron chi connectivity index (χ4n) is 3.88. The summed E-state index contributed by atoms with van der Waals surface area (Å²) in [6.45, 7) is 12.3. The standard InChI is InChI=1S/C27H28N2OS/c1-26(2,3)15-16-12-13-28-20(14-16)17-8-7-9-18-22-21(30-23(17)18)11-10-19-24(22)31-25(29-19)27(4,5)6/h7-14H,15H2,1-6H3/i15D2. The van der Waals surface area contributed by atoms with E-state index in [0.29, 0.717) is 11.3 Å². The van der Waals surface area contributed by atoms with Crippen molar-refractivity contribution in [2.75, 3.05) is 0 Å². The van der Waals surface area contributed by atoms with Crippen LogP contribution in [0.3, 0.4) is 0 Å². The van der Waals surface area contributed by atoms with E-state index < -0.39 is 11.8 Å². The van der Waals surface area contributed by atoms with Crippen LogP contribution >= 0.6 is 11.3 Å². The van der Waals surface area contributed by atoms with E-state index in [1.54, 1.807) is 23.6 Å². The van der Waals surface area contributed by atoms with Crippen molar-refractivity contribution in [1.82, 2.24) is 9.97 Å².